The summed E-state index contributed by atoms with van der Waals surface area (Å²) in [5.41, 5.74) is 9.26. The summed E-state index contributed by atoms with van der Waals surface area (Å²) in [6.07, 6.45) is 7.92. The molecule has 0 heterocycles. The van der Waals surface area contributed by atoms with Gasteiger partial charge < -0.3 is 5.73 Å². The summed E-state index contributed by atoms with van der Waals surface area (Å²) in [4.78, 5) is 0. The third-order valence-corrected chi connectivity index (χ3v) is 4.14. The van der Waals surface area contributed by atoms with Crippen LogP contribution in [0.15, 0.2) is 24.3 Å². The highest BCUT2D eigenvalue weighted by molar-refractivity contribution is 5.26. The third-order valence-electron chi connectivity index (χ3n) is 4.14. The van der Waals surface area contributed by atoms with Crippen LogP contribution in [0.3, 0.4) is 0 Å². The second-order valence-corrected chi connectivity index (χ2v) is 6.27. The van der Waals surface area contributed by atoms with E-state index in [4.69, 9.17) is 5.73 Å². The summed E-state index contributed by atoms with van der Waals surface area (Å²) in [7, 11) is 0. The van der Waals surface area contributed by atoms with E-state index in [2.05, 4.69) is 38.1 Å². The van der Waals surface area contributed by atoms with Crippen LogP contribution in [0.2, 0.25) is 0 Å². The van der Waals surface area contributed by atoms with E-state index in [9.17, 15) is 0 Å². The predicted molar refractivity (Wildman–Crippen MR) is 78.5 cm³/mol. The van der Waals surface area contributed by atoms with E-state index in [0.717, 1.165) is 6.42 Å². The van der Waals surface area contributed by atoms with Crippen molar-refractivity contribution in [2.24, 2.45) is 17.6 Å². The summed E-state index contributed by atoms with van der Waals surface area (Å²) in [5, 5.41) is 0. The van der Waals surface area contributed by atoms with E-state index >= 15 is 0 Å². The Morgan fingerprint density at radius 3 is 2.56 bits per heavy atom. The molecular formula is C17H27N. The molecule has 0 saturated heterocycles. The summed E-state index contributed by atoms with van der Waals surface area (Å²) < 4.78 is 0. The van der Waals surface area contributed by atoms with E-state index in [1.165, 1.54) is 43.2 Å². The predicted octanol–water partition coefficient (Wildman–Crippen LogP) is 4.47. The summed E-state index contributed by atoms with van der Waals surface area (Å²) in [6.45, 7) is 4.54. The number of hydrogen-bond donors (Lipinski definition) is 1. The SMILES string of the molecule is CC(C)Cc1cccc(C(N)C2CCCCC2)c1. The first-order valence-electron chi connectivity index (χ1n) is 7.51. The standard InChI is InChI=1S/C17H27N/c1-13(2)11-14-7-6-10-16(12-14)17(18)15-8-4-3-5-9-15/h6-7,10,12-13,15,17H,3-5,8-9,11,18H2,1-2H3. The van der Waals surface area contributed by atoms with Crippen molar-refractivity contribution in [3.05, 3.63) is 35.4 Å². The van der Waals surface area contributed by atoms with Crippen LogP contribution >= 0.6 is 0 Å². The molecule has 1 heteroatoms. The highest BCUT2D eigenvalue weighted by atomic mass is 14.7. The van der Waals surface area contributed by atoms with Gasteiger partial charge in [0.25, 0.3) is 0 Å². The minimum absolute atomic E-state index is 0.248. The lowest BCUT2D eigenvalue weighted by Gasteiger charge is -2.28. The minimum Gasteiger partial charge on any atom is -0.324 e. The van der Waals surface area contributed by atoms with Crippen molar-refractivity contribution < 1.29 is 0 Å². The van der Waals surface area contributed by atoms with Crippen LogP contribution < -0.4 is 5.73 Å². The van der Waals surface area contributed by atoms with Gasteiger partial charge in [0.2, 0.25) is 0 Å². The quantitative estimate of drug-likeness (QED) is 0.832. The van der Waals surface area contributed by atoms with Crippen molar-refractivity contribution in [2.45, 2.75) is 58.4 Å². The smallest absolute Gasteiger partial charge is 0.0323 e. The van der Waals surface area contributed by atoms with Crippen molar-refractivity contribution in [3.8, 4) is 0 Å². The Bertz CT molecular complexity index is 364. The van der Waals surface area contributed by atoms with Gasteiger partial charge in [0, 0.05) is 6.04 Å². The van der Waals surface area contributed by atoms with Gasteiger partial charge in [0.1, 0.15) is 0 Å². The first-order valence-corrected chi connectivity index (χ1v) is 7.51. The molecular weight excluding hydrogens is 218 g/mol. The monoisotopic (exact) mass is 245 g/mol. The molecule has 1 aliphatic carbocycles. The lowest BCUT2D eigenvalue weighted by atomic mass is 9.81. The maximum absolute atomic E-state index is 6.47. The molecule has 18 heavy (non-hydrogen) atoms. The van der Waals surface area contributed by atoms with Crippen LogP contribution in [0.1, 0.15) is 63.1 Å². The molecule has 1 aromatic carbocycles. The molecule has 0 radical (unpaired) electrons. The van der Waals surface area contributed by atoms with Crippen LogP contribution in [0.4, 0.5) is 0 Å². The molecule has 0 aliphatic heterocycles. The molecule has 0 bridgehead atoms. The molecule has 0 amide bonds. The highest BCUT2D eigenvalue weighted by Gasteiger charge is 2.21. The van der Waals surface area contributed by atoms with Gasteiger partial charge in [0.05, 0.1) is 0 Å². The Labute approximate surface area is 112 Å². The zero-order valence-electron chi connectivity index (χ0n) is 11.9. The third kappa shape index (κ3) is 3.58. The number of hydrogen-bond acceptors (Lipinski definition) is 1. The van der Waals surface area contributed by atoms with Gasteiger partial charge in [-0.3, -0.25) is 0 Å². The zero-order valence-corrected chi connectivity index (χ0v) is 11.9. The van der Waals surface area contributed by atoms with Gasteiger partial charge in [-0.15, -0.1) is 0 Å². The number of nitrogens with two attached hydrogens (primary N) is 1. The van der Waals surface area contributed by atoms with Crippen LogP contribution in [0, 0.1) is 11.8 Å². The molecule has 0 spiro atoms. The molecule has 1 saturated carbocycles. The summed E-state index contributed by atoms with van der Waals surface area (Å²) >= 11 is 0. The Morgan fingerprint density at radius 1 is 1.17 bits per heavy atom. The second-order valence-electron chi connectivity index (χ2n) is 6.27. The molecule has 100 valence electrons. The highest BCUT2D eigenvalue weighted by Crippen LogP contribution is 2.33. The van der Waals surface area contributed by atoms with E-state index in [1.807, 2.05) is 0 Å². The van der Waals surface area contributed by atoms with Crippen LogP contribution in [0.5, 0.6) is 0 Å². The van der Waals surface area contributed by atoms with Gasteiger partial charge in [-0.1, -0.05) is 57.4 Å². The Balaban J connectivity index is 2.06. The van der Waals surface area contributed by atoms with Crippen LogP contribution in [0.25, 0.3) is 0 Å². The maximum atomic E-state index is 6.47. The minimum atomic E-state index is 0.248. The molecule has 1 fully saturated rings. The first kappa shape index (κ1) is 13.6. The molecule has 2 rings (SSSR count). The molecule has 2 N–H and O–H groups in total. The molecule has 0 aromatic heterocycles. The topological polar surface area (TPSA) is 26.0 Å². The molecule has 1 atom stereocenters. The Morgan fingerprint density at radius 2 is 1.89 bits per heavy atom. The van der Waals surface area contributed by atoms with Gasteiger partial charge in [-0.2, -0.15) is 0 Å². The molecule has 1 aliphatic rings. The Kier molecular flexibility index (Phi) is 4.82. The molecule has 1 aromatic rings. The number of rotatable bonds is 4. The van der Waals surface area contributed by atoms with E-state index < -0.39 is 0 Å². The van der Waals surface area contributed by atoms with Crippen LogP contribution in [-0.4, -0.2) is 0 Å². The molecule has 1 unspecified atom stereocenters. The fraction of sp³-hybridized carbons (Fsp3) is 0.647. The van der Waals surface area contributed by atoms with E-state index in [1.54, 1.807) is 0 Å². The van der Waals surface area contributed by atoms with Crippen molar-refractivity contribution in [2.75, 3.05) is 0 Å². The number of benzene rings is 1. The average Bonchev–Trinajstić information content (AvgIpc) is 2.38. The van der Waals surface area contributed by atoms with Gasteiger partial charge in [0.15, 0.2) is 0 Å². The van der Waals surface area contributed by atoms with Crippen LogP contribution in [-0.2, 0) is 6.42 Å². The van der Waals surface area contributed by atoms with E-state index in [-0.39, 0.29) is 6.04 Å². The Hall–Kier alpha value is -0.820. The largest absolute Gasteiger partial charge is 0.324 e. The second kappa shape index (κ2) is 6.38. The van der Waals surface area contributed by atoms with Gasteiger partial charge in [-0.05, 0) is 42.2 Å². The lowest BCUT2D eigenvalue weighted by molar-refractivity contribution is 0.308. The fourth-order valence-electron chi connectivity index (χ4n) is 3.16. The summed E-state index contributed by atoms with van der Waals surface area (Å²) in [5.74, 6) is 1.42. The zero-order chi connectivity index (χ0) is 13.0. The average molecular weight is 245 g/mol. The van der Waals surface area contributed by atoms with Crippen molar-refractivity contribution >= 4 is 0 Å². The van der Waals surface area contributed by atoms with Gasteiger partial charge in [-0.25, -0.2) is 0 Å². The van der Waals surface area contributed by atoms with Crippen molar-refractivity contribution in [1.82, 2.24) is 0 Å². The van der Waals surface area contributed by atoms with Gasteiger partial charge >= 0.3 is 0 Å². The van der Waals surface area contributed by atoms with Crippen molar-refractivity contribution in [3.63, 3.8) is 0 Å². The lowest BCUT2D eigenvalue weighted by Crippen LogP contribution is -2.23. The fourth-order valence-corrected chi connectivity index (χ4v) is 3.16. The summed E-state index contributed by atoms with van der Waals surface area (Å²) in [6, 6.07) is 9.20. The first-order chi connectivity index (χ1) is 8.66. The van der Waals surface area contributed by atoms with E-state index in [0.29, 0.717) is 11.8 Å². The normalized spacial score (nSPS) is 19.1. The van der Waals surface area contributed by atoms with Crippen molar-refractivity contribution in [1.29, 1.82) is 0 Å². The molecule has 1 nitrogen and oxygen atoms in total. The maximum Gasteiger partial charge on any atom is 0.0323 e.